The average molecular weight is 301 g/mol. The highest BCUT2D eigenvalue weighted by atomic mass is 19.1. The van der Waals surface area contributed by atoms with Gasteiger partial charge in [-0.25, -0.2) is 4.39 Å². The van der Waals surface area contributed by atoms with Gasteiger partial charge < -0.3 is 17.2 Å². The third kappa shape index (κ3) is 3.32. The van der Waals surface area contributed by atoms with Crippen LogP contribution >= 0.6 is 0 Å². The third-order valence-corrected chi connectivity index (χ3v) is 3.87. The van der Waals surface area contributed by atoms with Gasteiger partial charge in [0.05, 0.1) is 6.04 Å². The van der Waals surface area contributed by atoms with E-state index in [0.29, 0.717) is 17.5 Å². The number of carbonyl (C=O) groups excluding carboxylic acids is 1. The topological polar surface area (TPSA) is 95.1 Å². The molecule has 0 fully saturated rings. The molecule has 116 valence electrons. The first-order valence-electron chi connectivity index (χ1n) is 6.99. The Balaban J connectivity index is 2.17. The van der Waals surface area contributed by atoms with Crippen LogP contribution in [0.5, 0.6) is 0 Å². The molecule has 22 heavy (non-hydrogen) atoms. The van der Waals surface area contributed by atoms with Crippen molar-refractivity contribution in [3.05, 3.63) is 71.0 Å². The lowest BCUT2D eigenvalue weighted by Crippen LogP contribution is -2.56. The molecule has 2 atom stereocenters. The summed E-state index contributed by atoms with van der Waals surface area (Å²) in [5, 5.41) is 0. The van der Waals surface area contributed by atoms with Crippen LogP contribution in [0.15, 0.2) is 48.5 Å². The Bertz CT molecular complexity index is 668. The molecule has 1 amide bonds. The fourth-order valence-corrected chi connectivity index (χ4v) is 2.20. The van der Waals surface area contributed by atoms with Crippen LogP contribution in [0.25, 0.3) is 0 Å². The molecule has 0 aromatic heterocycles. The molecule has 0 radical (unpaired) electrons. The Morgan fingerprint density at radius 2 is 1.77 bits per heavy atom. The lowest BCUT2D eigenvalue weighted by Gasteiger charge is -2.28. The zero-order valence-corrected chi connectivity index (χ0v) is 12.4. The predicted octanol–water partition coefficient (Wildman–Crippen LogP) is 1.62. The van der Waals surface area contributed by atoms with E-state index in [4.69, 9.17) is 17.2 Å². The first-order chi connectivity index (χ1) is 10.3. The first kappa shape index (κ1) is 16.1. The number of nitrogens with two attached hydrogens (primary N) is 3. The van der Waals surface area contributed by atoms with Crippen LogP contribution in [-0.4, -0.2) is 11.4 Å². The number of amides is 1. The van der Waals surface area contributed by atoms with Gasteiger partial charge in [0.25, 0.3) is 0 Å². The molecule has 0 aliphatic rings. The molecule has 0 bridgehead atoms. The highest BCUT2D eigenvalue weighted by Gasteiger charge is 2.34. The summed E-state index contributed by atoms with van der Waals surface area (Å²) >= 11 is 0. The molecule has 2 aromatic carbocycles. The number of benzene rings is 2. The molecular weight excluding hydrogens is 281 g/mol. The summed E-state index contributed by atoms with van der Waals surface area (Å²) in [6.45, 7) is 1.51. The average Bonchev–Trinajstić information content (AvgIpc) is 2.49. The molecule has 0 spiro atoms. The molecule has 0 saturated carbocycles. The molecule has 2 rings (SSSR count). The zero-order valence-electron chi connectivity index (χ0n) is 12.4. The highest BCUT2D eigenvalue weighted by molar-refractivity contribution is 5.85. The highest BCUT2D eigenvalue weighted by Crippen LogP contribution is 2.22. The smallest absolute Gasteiger partial charge is 0.239 e. The summed E-state index contributed by atoms with van der Waals surface area (Å²) in [5.74, 6) is -0.887. The number of carbonyl (C=O) groups is 1. The largest absolute Gasteiger partial charge is 0.368 e. The normalized spacial score (nSPS) is 15.1. The van der Waals surface area contributed by atoms with E-state index in [0.717, 1.165) is 5.56 Å². The minimum atomic E-state index is -1.33. The Hall–Kier alpha value is -2.24. The molecule has 4 nitrogen and oxygen atoms in total. The number of hydrogen-bond acceptors (Lipinski definition) is 3. The van der Waals surface area contributed by atoms with Gasteiger partial charge in [0, 0.05) is 6.42 Å². The second kappa shape index (κ2) is 6.25. The summed E-state index contributed by atoms with van der Waals surface area (Å²) in [6.07, 6.45) is 0.484. The van der Waals surface area contributed by atoms with Crippen LogP contribution in [0.1, 0.15) is 29.7 Å². The monoisotopic (exact) mass is 301 g/mol. The van der Waals surface area contributed by atoms with Gasteiger partial charge in [-0.05, 0) is 29.7 Å². The minimum Gasteiger partial charge on any atom is -0.368 e. The quantitative estimate of drug-likeness (QED) is 0.783. The fourth-order valence-electron chi connectivity index (χ4n) is 2.20. The number of primary amides is 1. The third-order valence-electron chi connectivity index (χ3n) is 3.87. The Labute approximate surface area is 129 Å². The van der Waals surface area contributed by atoms with Gasteiger partial charge in [0.15, 0.2) is 0 Å². The number of rotatable bonds is 5. The maximum Gasteiger partial charge on any atom is 0.239 e. The molecule has 2 aromatic rings. The van der Waals surface area contributed by atoms with Crippen molar-refractivity contribution in [1.29, 1.82) is 0 Å². The van der Waals surface area contributed by atoms with Crippen LogP contribution in [0.2, 0.25) is 0 Å². The van der Waals surface area contributed by atoms with Crippen molar-refractivity contribution in [2.24, 2.45) is 17.2 Å². The fraction of sp³-hybridized carbons (Fsp3) is 0.235. The van der Waals surface area contributed by atoms with Crippen molar-refractivity contribution in [2.45, 2.75) is 24.9 Å². The second-order valence-electron chi connectivity index (χ2n) is 5.63. The van der Waals surface area contributed by atoms with Crippen molar-refractivity contribution in [3.63, 3.8) is 0 Å². The van der Waals surface area contributed by atoms with Crippen LogP contribution in [0.4, 0.5) is 4.39 Å². The van der Waals surface area contributed by atoms with E-state index in [2.05, 4.69) is 0 Å². The lowest BCUT2D eigenvalue weighted by molar-refractivity contribution is -0.123. The van der Waals surface area contributed by atoms with E-state index >= 15 is 0 Å². The maximum atomic E-state index is 13.6. The minimum absolute atomic E-state index is 0.230. The second-order valence-corrected chi connectivity index (χ2v) is 5.63. The van der Waals surface area contributed by atoms with Gasteiger partial charge in [0.2, 0.25) is 5.91 Å². The summed E-state index contributed by atoms with van der Waals surface area (Å²) in [5.41, 5.74) is 18.1. The molecule has 0 saturated heterocycles. The van der Waals surface area contributed by atoms with Crippen molar-refractivity contribution in [2.75, 3.05) is 0 Å². The van der Waals surface area contributed by atoms with E-state index in [1.807, 2.05) is 12.1 Å². The Kier molecular flexibility index (Phi) is 4.59. The molecular formula is C17H20FN3O. The lowest BCUT2D eigenvalue weighted by atomic mass is 9.87. The van der Waals surface area contributed by atoms with Gasteiger partial charge >= 0.3 is 0 Å². The van der Waals surface area contributed by atoms with E-state index < -0.39 is 17.5 Å². The van der Waals surface area contributed by atoms with Gasteiger partial charge in [-0.2, -0.15) is 0 Å². The summed E-state index contributed by atoms with van der Waals surface area (Å²) in [4.78, 5) is 11.4. The maximum absolute atomic E-state index is 13.6. The zero-order chi connectivity index (χ0) is 16.3. The molecule has 5 heteroatoms. The van der Waals surface area contributed by atoms with Gasteiger partial charge in [-0.3, -0.25) is 4.79 Å². The molecule has 6 N–H and O–H groups in total. The summed E-state index contributed by atoms with van der Waals surface area (Å²) < 4.78 is 13.6. The molecule has 2 unspecified atom stereocenters. The SMILES string of the molecule is CC(N)(C(N)=O)C(N)c1ccc(Cc2ccccc2F)cc1. The van der Waals surface area contributed by atoms with Crippen LogP contribution in [0.3, 0.4) is 0 Å². The number of hydrogen-bond donors (Lipinski definition) is 3. The Morgan fingerprint density at radius 3 is 2.32 bits per heavy atom. The van der Waals surface area contributed by atoms with Crippen LogP contribution in [-0.2, 0) is 11.2 Å². The van der Waals surface area contributed by atoms with E-state index in [1.165, 1.54) is 13.0 Å². The van der Waals surface area contributed by atoms with Gasteiger partial charge in [-0.15, -0.1) is 0 Å². The van der Waals surface area contributed by atoms with E-state index in [-0.39, 0.29) is 5.82 Å². The Morgan fingerprint density at radius 1 is 1.18 bits per heavy atom. The summed E-state index contributed by atoms with van der Waals surface area (Å²) in [6, 6.07) is 13.2. The molecule has 0 aliphatic carbocycles. The predicted molar refractivity (Wildman–Crippen MR) is 84.4 cm³/mol. The number of halogens is 1. The summed E-state index contributed by atoms with van der Waals surface area (Å²) in [7, 11) is 0. The standard InChI is InChI=1S/C17H20FN3O/c1-17(21,16(20)22)15(19)12-8-6-11(7-9-12)10-13-4-2-3-5-14(13)18/h2-9,15H,10,19,21H2,1H3,(H2,20,22). The van der Waals surface area contributed by atoms with Crippen molar-refractivity contribution >= 4 is 5.91 Å². The van der Waals surface area contributed by atoms with Gasteiger partial charge in [0.1, 0.15) is 11.4 Å². The van der Waals surface area contributed by atoms with Crippen molar-refractivity contribution in [1.82, 2.24) is 0 Å². The van der Waals surface area contributed by atoms with Crippen LogP contribution in [0, 0.1) is 5.82 Å². The van der Waals surface area contributed by atoms with Crippen molar-refractivity contribution < 1.29 is 9.18 Å². The van der Waals surface area contributed by atoms with Crippen LogP contribution < -0.4 is 17.2 Å². The van der Waals surface area contributed by atoms with Crippen molar-refractivity contribution in [3.8, 4) is 0 Å². The van der Waals surface area contributed by atoms with E-state index in [9.17, 15) is 9.18 Å². The van der Waals surface area contributed by atoms with Gasteiger partial charge in [-0.1, -0.05) is 42.5 Å². The first-order valence-corrected chi connectivity index (χ1v) is 6.99. The molecule has 0 aliphatic heterocycles. The molecule has 0 heterocycles. The van der Waals surface area contributed by atoms with E-state index in [1.54, 1.807) is 30.3 Å².